The fourth-order valence-corrected chi connectivity index (χ4v) is 1.76. The van der Waals surface area contributed by atoms with Crippen molar-refractivity contribution in [3.05, 3.63) is 23.8 Å². The van der Waals surface area contributed by atoms with Crippen molar-refractivity contribution >= 4 is 0 Å². The summed E-state index contributed by atoms with van der Waals surface area (Å²) < 4.78 is 10.7. The largest absolute Gasteiger partial charge is 0.486 e. The molecule has 2 unspecified atom stereocenters. The third-order valence-corrected chi connectivity index (χ3v) is 2.70. The van der Waals surface area contributed by atoms with Gasteiger partial charge in [0.15, 0.2) is 11.5 Å². The second-order valence-electron chi connectivity index (χ2n) is 3.93. The van der Waals surface area contributed by atoms with Gasteiger partial charge in [-0.15, -0.1) is 0 Å². The second kappa shape index (κ2) is 5.35. The maximum Gasteiger partial charge on any atom is 0.161 e. The molecule has 5 heteroatoms. The summed E-state index contributed by atoms with van der Waals surface area (Å²) in [5.41, 5.74) is 0.551. The van der Waals surface area contributed by atoms with E-state index in [1.807, 2.05) is 0 Å². The van der Waals surface area contributed by atoms with Crippen LogP contribution in [0.4, 0.5) is 0 Å². The van der Waals surface area contributed by atoms with E-state index in [-0.39, 0.29) is 13.0 Å². The molecule has 2 atom stereocenters. The fourth-order valence-electron chi connectivity index (χ4n) is 1.76. The van der Waals surface area contributed by atoms with Gasteiger partial charge in [0.1, 0.15) is 19.3 Å². The van der Waals surface area contributed by atoms with Gasteiger partial charge >= 0.3 is 0 Å². The smallest absolute Gasteiger partial charge is 0.161 e. The zero-order chi connectivity index (χ0) is 12.3. The Labute approximate surface area is 99.2 Å². The molecule has 2 rings (SSSR count). The quantitative estimate of drug-likeness (QED) is 0.702. The first kappa shape index (κ1) is 12.2. The van der Waals surface area contributed by atoms with Crippen LogP contribution < -0.4 is 9.47 Å². The zero-order valence-corrected chi connectivity index (χ0v) is 9.37. The van der Waals surface area contributed by atoms with Crippen molar-refractivity contribution in [1.82, 2.24) is 0 Å². The molecule has 0 bridgehead atoms. The lowest BCUT2D eigenvalue weighted by Crippen LogP contribution is -2.20. The third kappa shape index (κ3) is 2.69. The number of hydrogen-bond donors (Lipinski definition) is 3. The highest BCUT2D eigenvalue weighted by Gasteiger charge is 2.20. The van der Waals surface area contributed by atoms with Crippen LogP contribution in [-0.4, -0.2) is 41.2 Å². The molecule has 0 fully saturated rings. The number of aliphatic hydroxyl groups excluding tert-OH is 3. The van der Waals surface area contributed by atoms with E-state index in [0.717, 1.165) is 0 Å². The SMILES string of the molecule is OCCC(O)C(O)c1ccc2c(c1)OCCO2. The zero-order valence-electron chi connectivity index (χ0n) is 9.37. The van der Waals surface area contributed by atoms with Crippen molar-refractivity contribution in [1.29, 1.82) is 0 Å². The van der Waals surface area contributed by atoms with E-state index in [1.165, 1.54) is 0 Å². The van der Waals surface area contributed by atoms with Crippen LogP contribution in [0, 0.1) is 0 Å². The predicted octanol–water partition coefficient (Wildman–Crippen LogP) is 0.234. The van der Waals surface area contributed by atoms with E-state index in [9.17, 15) is 10.2 Å². The van der Waals surface area contributed by atoms with Crippen molar-refractivity contribution in [2.75, 3.05) is 19.8 Å². The Morgan fingerprint density at radius 3 is 2.53 bits per heavy atom. The summed E-state index contributed by atoms with van der Waals surface area (Å²) in [5.74, 6) is 1.22. The van der Waals surface area contributed by atoms with E-state index in [2.05, 4.69) is 0 Å². The maximum atomic E-state index is 9.86. The van der Waals surface area contributed by atoms with Gasteiger partial charge in [-0.25, -0.2) is 0 Å². The molecule has 5 nitrogen and oxygen atoms in total. The molecule has 0 aliphatic carbocycles. The van der Waals surface area contributed by atoms with Gasteiger partial charge in [0.2, 0.25) is 0 Å². The molecule has 1 aromatic rings. The predicted molar refractivity (Wildman–Crippen MR) is 60.1 cm³/mol. The first-order chi connectivity index (χ1) is 8.22. The molecule has 0 amide bonds. The van der Waals surface area contributed by atoms with Gasteiger partial charge in [-0.3, -0.25) is 0 Å². The number of ether oxygens (including phenoxy) is 2. The molecule has 1 aliphatic heterocycles. The lowest BCUT2D eigenvalue weighted by atomic mass is 10.0. The maximum absolute atomic E-state index is 9.86. The minimum atomic E-state index is -1.03. The number of benzene rings is 1. The number of fused-ring (bicyclic) bond motifs is 1. The molecule has 0 spiro atoms. The van der Waals surface area contributed by atoms with Crippen LogP contribution in [0.1, 0.15) is 18.1 Å². The van der Waals surface area contributed by atoms with E-state index in [0.29, 0.717) is 30.3 Å². The van der Waals surface area contributed by atoms with Gasteiger partial charge in [-0.1, -0.05) is 6.07 Å². The summed E-state index contributed by atoms with van der Waals surface area (Å²) in [6, 6.07) is 5.04. The van der Waals surface area contributed by atoms with Gasteiger partial charge in [0.05, 0.1) is 6.10 Å². The Balaban J connectivity index is 2.15. The first-order valence-electron chi connectivity index (χ1n) is 5.59. The summed E-state index contributed by atoms with van der Waals surface area (Å²) in [4.78, 5) is 0. The molecule has 1 aromatic carbocycles. The lowest BCUT2D eigenvalue weighted by molar-refractivity contribution is 0.00398. The van der Waals surface area contributed by atoms with Crippen LogP contribution in [0.25, 0.3) is 0 Å². The van der Waals surface area contributed by atoms with Gasteiger partial charge in [0, 0.05) is 6.61 Å². The Bertz CT molecular complexity index is 379. The van der Waals surface area contributed by atoms with E-state index < -0.39 is 12.2 Å². The number of aliphatic hydroxyl groups is 3. The van der Waals surface area contributed by atoms with Crippen LogP contribution in [0.15, 0.2) is 18.2 Å². The van der Waals surface area contributed by atoms with Crippen molar-refractivity contribution in [3.8, 4) is 11.5 Å². The highest BCUT2D eigenvalue weighted by molar-refractivity contribution is 5.44. The van der Waals surface area contributed by atoms with Crippen LogP contribution in [-0.2, 0) is 0 Å². The summed E-state index contributed by atoms with van der Waals surface area (Å²) in [6.07, 6.45) is -1.88. The van der Waals surface area contributed by atoms with Crippen LogP contribution >= 0.6 is 0 Å². The van der Waals surface area contributed by atoms with Gasteiger partial charge in [-0.2, -0.15) is 0 Å². The molecular formula is C12H16O5. The number of hydrogen-bond acceptors (Lipinski definition) is 5. The highest BCUT2D eigenvalue weighted by atomic mass is 16.6. The standard InChI is InChI=1S/C12H16O5/c13-4-3-9(14)12(15)8-1-2-10-11(7-8)17-6-5-16-10/h1-2,7,9,12-15H,3-6H2. The Morgan fingerprint density at radius 2 is 1.82 bits per heavy atom. The summed E-state index contributed by atoms with van der Waals surface area (Å²) >= 11 is 0. The van der Waals surface area contributed by atoms with Crippen molar-refractivity contribution in [2.45, 2.75) is 18.6 Å². The average Bonchev–Trinajstić information content (AvgIpc) is 2.37. The molecule has 0 aromatic heterocycles. The molecule has 0 saturated heterocycles. The fraction of sp³-hybridized carbons (Fsp3) is 0.500. The normalized spacial score (nSPS) is 17.6. The molecule has 0 radical (unpaired) electrons. The molecule has 94 valence electrons. The Kier molecular flexibility index (Phi) is 3.83. The first-order valence-corrected chi connectivity index (χ1v) is 5.59. The van der Waals surface area contributed by atoms with Gasteiger partial charge in [-0.05, 0) is 24.1 Å². The third-order valence-electron chi connectivity index (χ3n) is 2.70. The van der Waals surface area contributed by atoms with Gasteiger partial charge in [0.25, 0.3) is 0 Å². The average molecular weight is 240 g/mol. The van der Waals surface area contributed by atoms with E-state index in [4.69, 9.17) is 14.6 Å². The Morgan fingerprint density at radius 1 is 1.12 bits per heavy atom. The molecule has 0 saturated carbocycles. The van der Waals surface area contributed by atoms with Crippen LogP contribution in [0.5, 0.6) is 11.5 Å². The number of rotatable bonds is 4. The minimum absolute atomic E-state index is 0.135. The Hall–Kier alpha value is -1.30. The highest BCUT2D eigenvalue weighted by Crippen LogP contribution is 2.33. The lowest BCUT2D eigenvalue weighted by Gasteiger charge is -2.22. The molecular weight excluding hydrogens is 224 g/mol. The van der Waals surface area contributed by atoms with Crippen LogP contribution in [0.2, 0.25) is 0 Å². The summed E-state index contributed by atoms with van der Waals surface area (Å²) in [6.45, 7) is 0.830. The molecule has 3 N–H and O–H groups in total. The molecule has 1 heterocycles. The van der Waals surface area contributed by atoms with Crippen LogP contribution in [0.3, 0.4) is 0 Å². The van der Waals surface area contributed by atoms with E-state index in [1.54, 1.807) is 18.2 Å². The van der Waals surface area contributed by atoms with Crippen molar-refractivity contribution < 1.29 is 24.8 Å². The molecule has 1 aliphatic rings. The minimum Gasteiger partial charge on any atom is -0.486 e. The van der Waals surface area contributed by atoms with Gasteiger partial charge < -0.3 is 24.8 Å². The summed E-state index contributed by atoms with van der Waals surface area (Å²) in [5, 5.41) is 28.2. The topological polar surface area (TPSA) is 79.2 Å². The molecule has 17 heavy (non-hydrogen) atoms. The van der Waals surface area contributed by atoms with E-state index >= 15 is 0 Å². The monoisotopic (exact) mass is 240 g/mol. The summed E-state index contributed by atoms with van der Waals surface area (Å²) in [7, 11) is 0. The van der Waals surface area contributed by atoms with Crippen molar-refractivity contribution in [2.24, 2.45) is 0 Å². The second-order valence-corrected chi connectivity index (χ2v) is 3.93. The van der Waals surface area contributed by atoms with Crippen molar-refractivity contribution in [3.63, 3.8) is 0 Å².